The van der Waals surface area contributed by atoms with Gasteiger partial charge in [0.05, 0.1) is 0 Å². The van der Waals surface area contributed by atoms with Crippen molar-refractivity contribution in [3.63, 3.8) is 0 Å². The van der Waals surface area contributed by atoms with Crippen LogP contribution in [0.1, 0.15) is 5.69 Å². The highest BCUT2D eigenvalue weighted by molar-refractivity contribution is 6.17. The normalized spacial score (nSPS) is 11.0. The Morgan fingerprint density at radius 2 is 2.36 bits per heavy atom. The van der Waals surface area contributed by atoms with Gasteiger partial charge in [-0.15, -0.1) is 11.6 Å². The number of nitrogens with zero attached hydrogens (tertiary/aromatic N) is 1. The molecular formula is C10H11ClN2O. The highest BCUT2D eigenvalue weighted by Crippen LogP contribution is 2.11. The fraction of sp³-hybridized carbons (Fsp3) is 0.300. The molecule has 2 rings (SSSR count). The van der Waals surface area contributed by atoms with Crippen molar-refractivity contribution < 1.29 is 0 Å². The van der Waals surface area contributed by atoms with E-state index in [1.165, 1.54) is 0 Å². The lowest BCUT2D eigenvalue weighted by Crippen LogP contribution is -2.12. The summed E-state index contributed by atoms with van der Waals surface area (Å²) in [7, 11) is 0. The Kier molecular flexibility index (Phi) is 2.33. The Bertz CT molecular complexity index is 512. The van der Waals surface area contributed by atoms with Crippen molar-refractivity contribution in [3.05, 3.63) is 34.4 Å². The van der Waals surface area contributed by atoms with E-state index < -0.39 is 0 Å². The molecule has 2 aromatic heterocycles. The molecule has 0 spiro atoms. The van der Waals surface area contributed by atoms with Gasteiger partial charge in [-0.25, -0.2) is 0 Å². The van der Waals surface area contributed by atoms with Crippen molar-refractivity contribution in [2.24, 2.45) is 0 Å². The fourth-order valence-corrected chi connectivity index (χ4v) is 1.83. The fourth-order valence-electron chi connectivity index (χ4n) is 1.65. The molecule has 0 unspecified atom stereocenters. The number of alkyl halides is 1. The zero-order valence-corrected chi connectivity index (χ0v) is 8.64. The van der Waals surface area contributed by atoms with Crippen molar-refractivity contribution in [1.29, 1.82) is 0 Å². The monoisotopic (exact) mass is 210 g/mol. The van der Waals surface area contributed by atoms with E-state index in [-0.39, 0.29) is 5.56 Å². The van der Waals surface area contributed by atoms with Crippen molar-refractivity contribution in [2.75, 3.05) is 5.88 Å². The van der Waals surface area contributed by atoms with E-state index in [1.54, 1.807) is 0 Å². The minimum absolute atomic E-state index is 0.0462. The van der Waals surface area contributed by atoms with Crippen LogP contribution >= 0.6 is 11.6 Å². The summed E-state index contributed by atoms with van der Waals surface area (Å²) in [5.74, 6) is 0.511. The highest BCUT2D eigenvalue weighted by atomic mass is 35.5. The first kappa shape index (κ1) is 9.34. The standard InChI is InChI=1S/C10H11ClN2O/c1-7-6-8-2-4-13(5-3-11)9(8)10(14)12-7/h2,4,6H,3,5H2,1H3,(H,12,14). The number of halogens is 1. The van der Waals surface area contributed by atoms with E-state index in [1.807, 2.05) is 29.8 Å². The van der Waals surface area contributed by atoms with Gasteiger partial charge in [-0.2, -0.15) is 0 Å². The van der Waals surface area contributed by atoms with Crippen molar-refractivity contribution in [1.82, 2.24) is 9.55 Å². The Balaban J connectivity index is 2.73. The first-order valence-electron chi connectivity index (χ1n) is 4.47. The summed E-state index contributed by atoms with van der Waals surface area (Å²) < 4.78 is 1.88. The molecule has 14 heavy (non-hydrogen) atoms. The number of hydrogen-bond donors (Lipinski definition) is 1. The predicted octanol–water partition coefficient (Wildman–Crippen LogP) is 1.88. The molecule has 74 valence electrons. The molecule has 1 N–H and O–H groups in total. The second-order valence-corrected chi connectivity index (χ2v) is 3.66. The number of nitrogens with one attached hydrogen (secondary N) is 1. The molecule has 0 bridgehead atoms. The van der Waals surface area contributed by atoms with Gasteiger partial charge < -0.3 is 9.55 Å². The van der Waals surface area contributed by atoms with E-state index in [0.717, 1.165) is 11.1 Å². The molecule has 4 heteroatoms. The average Bonchev–Trinajstić information content (AvgIpc) is 2.49. The molecule has 2 heterocycles. The minimum Gasteiger partial charge on any atom is -0.342 e. The number of fused-ring (bicyclic) bond motifs is 1. The number of aromatic nitrogens is 2. The Morgan fingerprint density at radius 1 is 1.57 bits per heavy atom. The highest BCUT2D eigenvalue weighted by Gasteiger charge is 2.04. The third-order valence-corrected chi connectivity index (χ3v) is 2.39. The maximum Gasteiger partial charge on any atom is 0.272 e. The molecule has 3 nitrogen and oxygen atoms in total. The lowest BCUT2D eigenvalue weighted by atomic mass is 10.3. The summed E-state index contributed by atoms with van der Waals surface area (Å²) in [6, 6.07) is 3.89. The first-order valence-corrected chi connectivity index (χ1v) is 5.00. The zero-order valence-electron chi connectivity index (χ0n) is 7.88. The minimum atomic E-state index is -0.0462. The quantitative estimate of drug-likeness (QED) is 0.756. The number of aromatic amines is 1. The van der Waals surface area contributed by atoms with Gasteiger partial charge in [-0.05, 0) is 19.1 Å². The number of aryl methyl sites for hydroxylation is 2. The van der Waals surface area contributed by atoms with E-state index >= 15 is 0 Å². The van der Waals surface area contributed by atoms with Crippen LogP contribution in [0.15, 0.2) is 23.1 Å². The van der Waals surface area contributed by atoms with Gasteiger partial charge in [-0.3, -0.25) is 4.79 Å². The van der Waals surface area contributed by atoms with Crippen LogP contribution in [0, 0.1) is 6.92 Å². The molecule has 0 atom stereocenters. The predicted molar refractivity (Wildman–Crippen MR) is 58.0 cm³/mol. The van der Waals surface area contributed by atoms with E-state index in [2.05, 4.69) is 4.98 Å². The molecular weight excluding hydrogens is 200 g/mol. The van der Waals surface area contributed by atoms with Crippen LogP contribution in [-0.2, 0) is 6.54 Å². The molecule has 0 aliphatic rings. The number of hydrogen-bond acceptors (Lipinski definition) is 1. The smallest absolute Gasteiger partial charge is 0.272 e. The summed E-state index contributed by atoms with van der Waals surface area (Å²) in [5.41, 5.74) is 1.54. The first-order chi connectivity index (χ1) is 6.72. The maximum atomic E-state index is 11.6. The molecule has 0 aliphatic carbocycles. The SMILES string of the molecule is Cc1cc2ccn(CCCl)c2c(=O)[nH]1. The molecule has 0 saturated carbocycles. The lowest BCUT2D eigenvalue weighted by molar-refractivity contribution is 0.798. The molecule has 0 aromatic carbocycles. The van der Waals surface area contributed by atoms with Crippen molar-refractivity contribution in [2.45, 2.75) is 13.5 Å². The second kappa shape index (κ2) is 3.50. The number of H-pyrrole nitrogens is 1. The van der Waals surface area contributed by atoms with Crippen LogP contribution in [0.25, 0.3) is 10.9 Å². The van der Waals surface area contributed by atoms with Crippen LogP contribution in [0.4, 0.5) is 0 Å². The molecule has 0 aliphatic heterocycles. The van der Waals surface area contributed by atoms with Gasteiger partial charge in [0, 0.05) is 29.7 Å². The van der Waals surface area contributed by atoms with Crippen LogP contribution in [0.5, 0.6) is 0 Å². The maximum absolute atomic E-state index is 11.6. The van der Waals surface area contributed by atoms with Crippen molar-refractivity contribution >= 4 is 22.5 Å². The third-order valence-electron chi connectivity index (χ3n) is 2.22. The van der Waals surface area contributed by atoms with Crippen LogP contribution in [0.3, 0.4) is 0 Å². The Morgan fingerprint density at radius 3 is 3.07 bits per heavy atom. The van der Waals surface area contributed by atoms with Crippen molar-refractivity contribution in [3.8, 4) is 0 Å². The van der Waals surface area contributed by atoms with E-state index in [4.69, 9.17) is 11.6 Å². The van der Waals surface area contributed by atoms with Gasteiger partial charge in [0.15, 0.2) is 0 Å². The average molecular weight is 211 g/mol. The zero-order chi connectivity index (χ0) is 10.1. The number of pyridine rings is 1. The van der Waals surface area contributed by atoms with Crippen LogP contribution in [0.2, 0.25) is 0 Å². The van der Waals surface area contributed by atoms with E-state index in [9.17, 15) is 4.79 Å². The van der Waals surface area contributed by atoms with Gasteiger partial charge in [0.2, 0.25) is 0 Å². The Labute approximate surface area is 86.3 Å². The molecule has 2 aromatic rings. The van der Waals surface area contributed by atoms with Gasteiger partial charge in [0.1, 0.15) is 5.52 Å². The molecule has 0 fully saturated rings. The van der Waals surface area contributed by atoms with Gasteiger partial charge >= 0.3 is 0 Å². The number of rotatable bonds is 2. The topological polar surface area (TPSA) is 37.8 Å². The summed E-state index contributed by atoms with van der Waals surface area (Å²) in [6.07, 6.45) is 1.89. The second-order valence-electron chi connectivity index (χ2n) is 3.28. The summed E-state index contributed by atoms with van der Waals surface area (Å²) >= 11 is 5.64. The lowest BCUT2D eigenvalue weighted by Gasteiger charge is -2.01. The summed E-state index contributed by atoms with van der Waals surface area (Å²) in [5, 5.41) is 0.969. The molecule has 0 amide bonds. The summed E-state index contributed by atoms with van der Waals surface area (Å²) in [6.45, 7) is 2.54. The van der Waals surface area contributed by atoms with Crippen LogP contribution in [-0.4, -0.2) is 15.4 Å². The third kappa shape index (κ3) is 1.44. The van der Waals surface area contributed by atoms with Crippen LogP contribution < -0.4 is 5.56 Å². The molecule has 0 radical (unpaired) electrons. The largest absolute Gasteiger partial charge is 0.342 e. The van der Waals surface area contributed by atoms with E-state index in [0.29, 0.717) is 17.9 Å². The molecule has 0 saturated heterocycles. The summed E-state index contributed by atoms with van der Waals surface area (Å²) in [4.78, 5) is 14.4. The van der Waals surface area contributed by atoms with Gasteiger partial charge in [0.25, 0.3) is 5.56 Å². The van der Waals surface area contributed by atoms with Gasteiger partial charge in [-0.1, -0.05) is 0 Å². The Hall–Kier alpha value is -1.22.